The molecule has 0 aromatic heterocycles. The lowest BCUT2D eigenvalue weighted by atomic mass is 10.0. The predicted octanol–water partition coefficient (Wildman–Crippen LogP) is 2.48. The van der Waals surface area contributed by atoms with Crippen LogP contribution in [0.1, 0.15) is 23.1 Å². The number of nitrogens with zero attached hydrogens (tertiary/aromatic N) is 1. The zero-order valence-corrected chi connectivity index (χ0v) is 14.1. The molecule has 0 heterocycles. The molecule has 2 aromatic rings. The van der Waals surface area contributed by atoms with Crippen LogP contribution in [0.4, 0.5) is 0 Å². The molecule has 0 aliphatic heterocycles. The summed E-state index contributed by atoms with van der Waals surface area (Å²) in [6, 6.07) is 17.9. The SMILES string of the molecule is Cc1ccccc1CC(=O)N(CCC(N)=O)CCc1ccccc1. The third-order valence-corrected chi connectivity index (χ3v) is 4.10. The summed E-state index contributed by atoms with van der Waals surface area (Å²) in [5.41, 5.74) is 8.54. The summed E-state index contributed by atoms with van der Waals surface area (Å²) in [5, 5.41) is 0. The van der Waals surface area contributed by atoms with Crippen molar-refractivity contribution in [1.82, 2.24) is 4.90 Å². The normalized spacial score (nSPS) is 10.4. The largest absolute Gasteiger partial charge is 0.370 e. The Kier molecular flexibility index (Phi) is 6.55. The fraction of sp³-hybridized carbons (Fsp3) is 0.300. The lowest BCUT2D eigenvalue weighted by Crippen LogP contribution is -2.36. The first-order chi connectivity index (χ1) is 11.6. The van der Waals surface area contributed by atoms with Crippen molar-refractivity contribution in [1.29, 1.82) is 0 Å². The van der Waals surface area contributed by atoms with Crippen LogP contribution < -0.4 is 5.73 Å². The van der Waals surface area contributed by atoms with Gasteiger partial charge in [-0.3, -0.25) is 9.59 Å². The van der Waals surface area contributed by atoms with Gasteiger partial charge in [0.05, 0.1) is 6.42 Å². The van der Waals surface area contributed by atoms with Crippen molar-refractivity contribution in [2.24, 2.45) is 5.73 Å². The minimum absolute atomic E-state index is 0.0291. The van der Waals surface area contributed by atoms with Crippen molar-refractivity contribution in [3.8, 4) is 0 Å². The van der Waals surface area contributed by atoms with Crippen LogP contribution in [0.2, 0.25) is 0 Å². The van der Waals surface area contributed by atoms with Gasteiger partial charge in [-0.1, -0.05) is 54.6 Å². The van der Waals surface area contributed by atoms with Crippen LogP contribution in [0.3, 0.4) is 0 Å². The number of amides is 2. The number of benzene rings is 2. The van der Waals surface area contributed by atoms with Crippen molar-refractivity contribution < 1.29 is 9.59 Å². The van der Waals surface area contributed by atoms with Gasteiger partial charge >= 0.3 is 0 Å². The Morgan fingerprint density at radius 2 is 1.62 bits per heavy atom. The van der Waals surface area contributed by atoms with E-state index in [9.17, 15) is 9.59 Å². The molecular weight excluding hydrogens is 300 g/mol. The van der Waals surface area contributed by atoms with Crippen molar-refractivity contribution >= 4 is 11.8 Å². The first-order valence-electron chi connectivity index (χ1n) is 8.21. The van der Waals surface area contributed by atoms with E-state index in [1.54, 1.807) is 4.90 Å². The molecule has 4 nitrogen and oxygen atoms in total. The minimum Gasteiger partial charge on any atom is -0.370 e. The quantitative estimate of drug-likeness (QED) is 0.811. The number of carbonyl (C=O) groups is 2. The van der Waals surface area contributed by atoms with Gasteiger partial charge in [-0.15, -0.1) is 0 Å². The van der Waals surface area contributed by atoms with Gasteiger partial charge in [0.1, 0.15) is 0 Å². The van der Waals surface area contributed by atoms with Gasteiger partial charge < -0.3 is 10.6 Å². The molecule has 0 bridgehead atoms. The average Bonchev–Trinajstić information content (AvgIpc) is 2.57. The molecule has 2 rings (SSSR count). The summed E-state index contributed by atoms with van der Waals surface area (Å²) in [5.74, 6) is -0.357. The smallest absolute Gasteiger partial charge is 0.227 e. The molecule has 4 heteroatoms. The molecule has 0 fully saturated rings. The lowest BCUT2D eigenvalue weighted by Gasteiger charge is -2.23. The van der Waals surface area contributed by atoms with E-state index >= 15 is 0 Å². The van der Waals surface area contributed by atoms with E-state index in [0.29, 0.717) is 19.5 Å². The van der Waals surface area contributed by atoms with Crippen LogP contribution in [0.5, 0.6) is 0 Å². The highest BCUT2D eigenvalue weighted by atomic mass is 16.2. The highest BCUT2D eigenvalue weighted by molar-refractivity contribution is 5.80. The number of carbonyl (C=O) groups excluding carboxylic acids is 2. The Morgan fingerprint density at radius 3 is 2.29 bits per heavy atom. The molecule has 0 aliphatic carbocycles. The number of rotatable bonds is 8. The van der Waals surface area contributed by atoms with Crippen LogP contribution in [-0.4, -0.2) is 29.8 Å². The maximum Gasteiger partial charge on any atom is 0.227 e. The fourth-order valence-electron chi connectivity index (χ4n) is 2.60. The molecule has 0 saturated heterocycles. The Hall–Kier alpha value is -2.62. The summed E-state index contributed by atoms with van der Waals surface area (Å²) < 4.78 is 0. The Morgan fingerprint density at radius 1 is 0.958 bits per heavy atom. The molecule has 0 spiro atoms. The maximum atomic E-state index is 12.7. The van der Waals surface area contributed by atoms with Gasteiger partial charge in [-0.25, -0.2) is 0 Å². The van der Waals surface area contributed by atoms with Crippen molar-refractivity contribution in [3.05, 3.63) is 71.3 Å². The molecule has 0 unspecified atom stereocenters. The Balaban J connectivity index is 2.02. The molecular formula is C20H24N2O2. The van der Waals surface area contributed by atoms with Crippen LogP contribution in [0.15, 0.2) is 54.6 Å². The van der Waals surface area contributed by atoms with Gasteiger partial charge in [0, 0.05) is 19.5 Å². The fourth-order valence-corrected chi connectivity index (χ4v) is 2.60. The number of nitrogens with two attached hydrogens (primary N) is 1. The summed E-state index contributed by atoms with van der Waals surface area (Å²) in [7, 11) is 0. The van der Waals surface area contributed by atoms with E-state index in [-0.39, 0.29) is 18.2 Å². The van der Waals surface area contributed by atoms with E-state index in [1.165, 1.54) is 5.56 Å². The molecule has 126 valence electrons. The van der Waals surface area contributed by atoms with Gasteiger partial charge in [0.25, 0.3) is 0 Å². The van der Waals surface area contributed by atoms with E-state index in [2.05, 4.69) is 0 Å². The molecule has 2 amide bonds. The number of primary amides is 1. The monoisotopic (exact) mass is 324 g/mol. The number of hydrogen-bond acceptors (Lipinski definition) is 2. The first kappa shape index (κ1) is 17.7. The van der Waals surface area contributed by atoms with E-state index in [4.69, 9.17) is 5.73 Å². The third-order valence-electron chi connectivity index (χ3n) is 4.10. The second-order valence-corrected chi connectivity index (χ2v) is 5.94. The summed E-state index contributed by atoms with van der Waals surface area (Å²) in [4.78, 5) is 25.5. The minimum atomic E-state index is -0.386. The summed E-state index contributed by atoms with van der Waals surface area (Å²) in [6.07, 6.45) is 1.30. The molecule has 0 saturated carbocycles. The zero-order chi connectivity index (χ0) is 17.4. The molecule has 24 heavy (non-hydrogen) atoms. The average molecular weight is 324 g/mol. The third kappa shape index (κ3) is 5.54. The highest BCUT2D eigenvalue weighted by Crippen LogP contribution is 2.10. The molecule has 0 atom stereocenters. The number of aryl methyl sites for hydroxylation is 1. The van der Waals surface area contributed by atoms with Crippen molar-refractivity contribution in [2.75, 3.05) is 13.1 Å². The van der Waals surface area contributed by atoms with Gasteiger partial charge in [-0.2, -0.15) is 0 Å². The lowest BCUT2D eigenvalue weighted by molar-refractivity contribution is -0.131. The molecule has 2 aromatic carbocycles. The molecule has 0 aliphatic rings. The van der Waals surface area contributed by atoms with Gasteiger partial charge in [0.2, 0.25) is 11.8 Å². The van der Waals surface area contributed by atoms with Crippen LogP contribution in [0.25, 0.3) is 0 Å². The summed E-state index contributed by atoms with van der Waals surface area (Å²) >= 11 is 0. The van der Waals surface area contributed by atoms with Crippen molar-refractivity contribution in [2.45, 2.75) is 26.2 Å². The van der Waals surface area contributed by atoms with E-state index in [0.717, 1.165) is 17.5 Å². The Labute approximate surface area is 143 Å². The first-order valence-corrected chi connectivity index (χ1v) is 8.21. The second-order valence-electron chi connectivity index (χ2n) is 5.94. The van der Waals surface area contributed by atoms with Gasteiger partial charge in [0.15, 0.2) is 0 Å². The topological polar surface area (TPSA) is 63.4 Å². The molecule has 2 N–H and O–H groups in total. The summed E-state index contributed by atoms with van der Waals surface area (Å²) in [6.45, 7) is 2.95. The van der Waals surface area contributed by atoms with Crippen LogP contribution in [0, 0.1) is 6.92 Å². The highest BCUT2D eigenvalue weighted by Gasteiger charge is 2.15. The van der Waals surface area contributed by atoms with Crippen LogP contribution in [-0.2, 0) is 22.4 Å². The van der Waals surface area contributed by atoms with Crippen LogP contribution >= 0.6 is 0 Å². The predicted molar refractivity (Wildman–Crippen MR) is 95.4 cm³/mol. The maximum absolute atomic E-state index is 12.7. The Bertz CT molecular complexity index is 683. The van der Waals surface area contributed by atoms with Gasteiger partial charge in [-0.05, 0) is 30.0 Å². The van der Waals surface area contributed by atoms with E-state index < -0.39 is 0 Å². The van der Waals surface area contributed by atoms with E-state index in [1.807, 2.05) is 61.5 Å². The number of hydrogen-bond donors (Lipinski definition) is 1. The second kappa shape index (κ2) is 8.87. The zero-order valence-electron chi connectivity index (χ0n) is 14.1. The van der Waals surface area contributed by atoms with Crippen molar-refractivity contribution in [3.63, 3.8) is 0 Å². The standard InChI is InChI=1S/C20H24N2O2/c1-16-7-5-6-10-18(16)15-20(24)22(14-12-19(21)23)13-11-17-8-3-2-4-9-17/h2-10H,11-15H2,1H3,(H2,21,23). The molecule has 0 radical (unpaired) electrons.